The van der Waals surface area contributed by atoms with E-state index >= 15 is 0 Å². The van der Waals surface area contributed by atoms with Crippen LogP contribution in [0.4, 0.5) is 4.79 Å². The minimum absolute atomic E-state index is 0.0727. The van der Waals surface area contributed by atoms with Crippen LogP contribution in [0.3, 0.4) is 0 Å². The van der Waals surface area contributed by atoms with E-state index in [0.717, 1.165) is 24.8 Å². The van der Waals surface area contributed by atoms with Crippen molar-refractivity contribution in [1.29, 1.82) is 0 Å². The molecule has 0 unspecified atom stereocenters. The number of ether oxygens (including phenoxy) is 1. The molecular formula is C20H23ClN2O5. The van der Waals surface area contributed by atoms with E-state index < -0.39 is 24.2 Å². The van der Waals surface area contributed by atoms with Crippen molar-refractivity contribution in [3.8, 4) is 5.75 Å². The molecule has 1 fully saturated rings. The highest BCUT2D eigenvalue weighted by molar-refractivity contribution is 6.32. The van der Waals surface area contributed by atoms with Crippen LogP contribution in [0.5, 0.6) is 5.75 Å². The minimum Gasteiger partial charge on any atom is -0.482 e. The number of carbonyl (C=O) groups is 2. The Morgan fingerprint density at radius 1 is 1.25 bits per heavy atom. The average Bonchev–Trinajstić information content (AvgIpc) is 2.62. The number of rotatable bonds is 4. The third kappa shape index (κ3) is 4.84. The smallest absolute Gasteiger partial charge is 0.336 e. The molecule has 2 aromatic rings. The van der Waals surface area contributed by atoms with Crippen molar-refractivity contribution in [2.24, 2.45) is 5.92 Å². The number of halogens is 1. The maximum Gasteiger partial charge on any atom is 0.336 e. The Bertz CT molecular complexity index is 955. The van der Waals surface area contributed by atoms with Crippen LogP contribution in [-0.2, 0) is 4.79 Å². The van der Waals surface area contributed by atoms with Gasteiger partial charge in [-0.3, -0.25) is 10.1 Å². The molecule has 1 heterocycles. The van der Waals surface area contributed by atoms with Gasteiger partial charge in [-0.25, -0.2) is 9.59 Å². The van der Waals surface area contributed by atoms with Crippen molar-refractivity contribution in [2.75, 3.05) is 6.61 Å². The molecule has 1 aliphatic rings. The van der Waals surface area contributed by atoms with E-state index in [1.807, 2.05) is 0 Å². The van der Waals surface area contributed by atoms with Crippen molar-refractivity contribution >= 4 is 34.5 Å². The van der Waals surface area contributed by atoms with Gasteiger partial charge in [0.05, 0.1) is 5.02 Å². The second-order valence-corrected chi connectivity index (χ2v) is 7.61. The summed E-state index contributed by atoms with van der Waals surface area (Å²) in [5, 5.41) is 6.06. The molecular weight excluding hydrogens is 384 g/mol. The summed E-state index contributed by atoms with van der Waals surface area (Å²) < 4.78 is 10.6. The number of benzene rings is 1. The van der Waals surface area contributed by atoms with Crippen LogP contribution in [0, 0.1) is 12.8 Å². The third-order valence-electron chi connectivity index (χ3n) is 5.04. The molecule has 7 nitrogen and oxygen atoms in total. The second kappa shape index (κ2) is 8.65. The molecule has 1 aromatic heterocycles. The van der Waals surface area contributed by atoms with Crippen molar-refractivity contribution in [3.63, 3.8) is 0 Å². The summed E-state index contributed by atoms with van der Waals surface area (Å²) in [4.78, 5) is 35.6. The van der Waals surface area contributed by atoms with Gasteiger partial charge < -0.3 is 14.5 Å². The Labute approximate surface area is 167 Å². The highest BCUT2D eigenvalue weighted by Crippen LogP contribution is 2.31. The van der Waals surface area contributed by atoms with Crippen LogP contribution in [0.1, 0.15) is 38.2 Å². The lowest BCUT2D eigenvalue weighted by molar-refractivity contribution is -0.122. The van der Waals surface area contributed by atoms with Gasteiger partial charge in [-0.15, -0.1) is 0 Å². The Morgan fingerprint density at radius 2 is 2.00 bits per heavy atom. The van der Waals surface area contributed by atoms with E-state index in [-0.39, 0.29) is 16.8 Å². The van der Waals surface area contributed by atoms with Crippen molar-refractivity contribution in [3.05, 3.63) is 39.2 Å². The number of hydrogen-bond donors (Lipinski definition) is 2. The predicted octanol–water partition coefficient (Wildman–Crippen LogP) is 3.54. The van der Waals surface area contributed by atoms with E-state index in [2.05, 4.69) is 17.6 Å². The molecule has 1 saturated carbocycles. The van der Waals surface area contributed by atoms with E-state index in [4.69, 9.17) is 20.8 Å². The number of carbonyl (C=O) groups excluding carboxylic acids is 2. The third-order valence-corrected chi connectivity index (χ3v) is 5.34. The maximum atomic E-state index is 12.0. The minimum atomic E-state index is -0.595. The molecule has 0 bridgehead atoms. The molecule has 1 aliphatic carbocycles. The molecule has 3 rings (SSSR count). The summed E-state index contributed by atoms with van der Waals surface area (Å²) in [5.41, 5.74) is 0.560. The first-order valence-corrected chi connectivity index (χ1v) is 9.68. The molecule has 2 N–H and O–H groups in total. The summed E-state index contributed by atoms with van der Waals surface area (Å²) in [6, 6.07) is 3.99. The predicted molar refractivity (Wildman–Crippen MR) is 106 cm³/mol. The van der Waals surface area contributed by atoms with E-state index in [1.165, 1.54) is 18.6 Å². The van der Waals surface area contributed by atoms with Gasteiger partial charge in [0.1, 0.15) is 11.3 Å². The van der Waals surface area contributed by atoms with Gasteiger partial charge in [-0.1, -0.05) is 31.4 Å². The highest BCUT2D eigenvalue weighted by Gasteiger charge is 2.23. The molecule has 0 aliphatic heterocycles. The zero-order chi connectivity index (χ0) is 20.3. The lowest BCUT2D eigenvalue weighted by atomic mass is 9.86. The van der Waals surface area contributed by atoms with E-state index in [9.17, 15) is 14.4 Å². The first-order chi connectivity index (χ1) is 13.3. The Kier molecular flexibility index (Phi) is 6.24. The van der Waals surface area contributed by atoms with Crippen LogP contribution in [0.25, 0.3) is 11.0 Å². The topological polar surface area (TPSA) is 97.6 Å². The van der Waals surface area contributed by atoms with Gasteiger partial charge in [0, 0.05) is 23.6 Å². The number of imide groups is 1. The van der Waals surface area contributed by atoms with Crippen molar-refractivity contribution in [2.45, 2.75) is 45.6 Å². The van der Waals surface area contributed by atoms with Crippen LogP contribution in [0.2, 0.25) is 5.02 Å². The zero-order valence-corrected chi connectivity index (χ0v) is 16.6. The standard InChI is InChI=1S/C20H23ClN2O5/c1-11-5-3-4-6-15(11)22-20(26)23-18(24)10-27-17-9-16-13(8-14(17)21)12(2)7-19(25)28-16/h7-9,11,15H,3-6,10H2,1-2H3,(H2,22,23,24,26)/t11-,15+/m0/s1. The van der Waals surface area contributed by atoms with Crippen LogP contribution in [-0.4, -0.2) is 24.6 Å². The molecule has 2 atom stereocenters. The summed E-state index contributed by atoms with van der Waals surface area (Å²) >= 11 is 6.19. The van der Waals surface area contributed by atoms with Crippen LogP contribution < -0.4 is 21.0 Å². The molecule has 3 amide bonds. The maximum absolute atomic E-state index is 12.0. The quantitative estimate of drug-likeness (QED) is 0.757. The molecule has 0 radical (unpaired) electrons. The van der Waals surface area contributed by atoms with Gasteiger partial charge in [-0.2, -0.15) is 0 Å². The largest absolute Gasteiger partial charge is 0.482 e. The summed E-state index contributed by atoms with van der Waals surface area (Å²) in [7, 11) is 0. The first-order valence-electron chi connectivity index (χ1n) is 9.30. The fourth-order valence-electron chi connectivity index (χ4n) is 3.47. The Balaban J connectivity index is 1.59. The fraction of sp³-hybridized carbons (Fsp3) is 0.450. The van der Waals surface area contributed by atoms with E-state index in [0.29, 0.717) is 16.9 Å². The number of amides is 3. The van der Waals surface area contributed by atoms with Gasteiger partial charge in [-0.05, 0) is 37.3 Å². The van der Waals surface area contributed by atoms with Gasteiger partial charge >= 0.3 is 11.7 Å². The van der Waals surface area contributed by atoms with Crippen molar-refractivity contribution in [1.82, 2.24) is 10.6 Å². The zero-order valence-electron chi connectivity index (χ0n) is 15.8. The monoisotopic (exact) mass is 406 g/mol. The van der Waals surface area contributed by atoms with Crippen LogP contribution in [0.15, 0.2) is 27.4 Å². The lowest BCUT2D eigenvalue weighted by Gasteiger charge is -2.29. The van der Waals surface area contributed by atoms with Gasteiger partial charge in [0.15, 0.2) is 6.61 Å². The second-order valence-electron chi connectivity index (χ2n) is 7.21. The molecule has 150 valence electrons. The fourth-order valence-corrected chi connectivity index (χ4v) is 3.69. The molecule has 0 spiro atoms. The van der Waals surface area contributed by atoms with E-state index in [1.54, 1.807) is 13.0 Å². The molecule has 8 heteroatoms. The number of nitrogens with one attached hydrogen (secondary N) is 2. The van der Waals surface area contributed by atoms with Gasteiger partial charge in [0.25, 0.3) is 5.91 Å². The summed E-state index contributed by atoms with van der Waals surface area (Å²) in [6.45, 7) is 3.47. The number of aryl methyl sites for hydroxylation is 1. The van der Waals surface area contributed by atoms with Gasteiger partial charge in [0.2, 0.25) is 0 Å². The Hall–Kier alpha value is -2.54. The number of hydrogen-bond acceptors (Lipinski definition) is 5. The molecule has 1 aromatic carbocycles. The Morgan fingerprint density at radius 3 is 2.75 bits per heavy atom. The summed E-state index contributed by atoms with van der Waals surface area (Å²) in [6.07, 6.45) is 4.22. The SMILES string of the molecule is Cc1cc(=O)oc2cc(OCC(=O)NC(=O)N[C@@H]3CCCC[C@@H]3C)c(Cl)cc12. The number of urea groups is 1. The normalized spacial score (nSPS) is 19.2. The first kappa shape index (κ1) is 20.2. The summed E-state index contributed by atoms with van der Waals surface area (Å²) in [5.74, 6) is -0.0115. The van der Waals surface area contributed by atoms with Crippen molar-refractivity contribution < 1.29 is 18.7 Å². The number of fused-ring (bicyclic) bond motifs is 1. The highest BCUT2D eigenvalue weighted by atomic mass is 35.5. The lowest BCUT2D eigenvalue weighted by Crippen LogP contribution is -2.48. The molecule has 0 saturated heterocycles. The van der Waals surface area contributed by atoms with Crippen LogP contribution >= 0.6 is 11.6 Å². The molecule has 28 heavy (non-hydrogen) atoms. The average molecular weight is 407 g/mol.